The smallest absolute Gasteiger partial charge is 0.164 e. The number of rotatable bonds is 6. The number of fused-ring (bicyclic) bond motifs is 6. The second kappa shape index (κ2) is 13.3. The topological polar surface area (TPSA) is 51.8 Å². The summed E-state index contributed by atoms with van der Waals surface area (Å²) in [6.45, 7) is 0. The van der Waals surface area contributed by atoms with E-state index in [2.05, 4.69) is 127 Å². The van der Waals surface area contributed by atoms with Crippen molar-refractivity contribution < 1.29 is 4.42 Å². The third kappa shape index (κ3) is 5.56. The zero-order chi connectivity index (χ0) is 37.0. The van der Waals surface area contributed by atoms with E-state index >= 15 is 0 Å². The van der Waals surface area contributed by atoms with Crippen molar-refractivity contribution in [2.24, 2.45) is 0 Å². The van der Waals surface area contributed by atoms with Crippen LogP contribution in [0.15, 0.2) is 192 Å². The molecule has 0 saturated heterocycles. The highest BCUT2D eigenvalue weighted by atomic mass is 32.1. The van der Waals surface area contributed by atoms with E-state index in [-0.39, 0.29) is 0 Å². The maximum absolute atomic E-state index is 6.48. The van der Waals surface area contributed by atoms with Crippen LogP contribution in [0.3, 0.4) is 0 Å². The molecule has 0 unspecified atom stereocenters. The van der Waals surface area contributed by atoms with Gasteiger partial charge in [0.1, 0.15) is 11.2 Å². The summed E-state index contributed by atoms with van der Waals surface area (Å²) in [4.78, 5) is 14.9. The molecule has 0 bridgehead atoms. The molecule has 11 rings (SSSR count). The number of hydrogen-bond acceptors (Lipinski definition) is 5. The zero-order valence-corrected chi connectivity index (χ0v) is 30.9. The van der Waals surface area contributed by atoms with Crippen LogP contribution >= 0.6 is 11.3 Å². The van der Waals surface area contributed by atoms with Gasteiger partial charge in [0.2, 0.25) is 0 Å². The maximum Gasteiger partial charge on any atom is 0.164 e. The second-order valence-electron chi connectivity index (χ2n) is 14.0. The van der Waals surface area contributed by atoms with Crippen molar-refractivity contribution in [3.63, 3.8) is 0 Å². The fourth-order valence-electron chi connectivity index (χ4n) is 7.87. The Morgan fingerprint density at radius 1 is 0.321 bits per heavy atom. The van der Waals surface area contributed by atoms with Crippen LogP contribution in [0.2, 0.25) is 0 Å². The van der Waals surface area contributed by atoms with Gasteiger partial charge >= 0.3 is 0 Å². The predicted octanol–water partition coefficient (Wildman–Crippen LogP) is 14.1. The van der Waals surface area contributed by atoms with Gasteiger partial charge in [-0.1, -0.05) is 152 Å². The van der Waals surface area contributed by atoms with Gasteiger partial charge in [-0.15, -0.1) is 11.3 Å². The zero-order valence-electron chi connectivity index (χ0n) is 30.1. The normalized spacial score (nSPS) is 11.6. The number of thiophene rings is 1. The lowest BCUT2D eigenvalue weighted by Gasteiger charge is -2.10. The van der Waals surface area contributed by atoms with Crippen molar-refractivity contribution in [3.05, 3.63) is 188 Å². The number of hydrogen-bond donors (Lipinski definition) is 0. The molecule has 3 heterocycles. The van der Waals surface area contributed by atoms with E-state index in [9.17, 15) is 0 Å². The van der Waals surface area contributed by atoms with E-state index < -0.39 is 0 Å². The van der Waals surface area contributed by atoms with Crippen LogP contribution in [-0.2, 0) is 0 Å². The number of aromatic nitrogens is 3. The molecule has 8 aromatic carbocycles. The summed E-state index contributed by atoms with van der Waals surface area (Å²) in [5.41, 5.74) is 11.5. The van der Waals surface area contributed by atoms with E-state index in [1.165, 1.54) is 36.9 Å². The van der Waals surface area contributed by atoms with Gasteiger partial charge in [0.25, 0.3) is 0 Å². The Kier molecular flexibility index (Phi) is 7.64. The molecule has 0 aliphatic rings. The molecule has 262 valence electrons. The van der Waals surface area contributed by atoms with Gasteiger partial charge in [-0.05, 0) is 69.8 Å². The summed E-state index contributed by atoms with van der Waals surface area (Å²) in [5.74, 6) is 1.90. The number of benzene rings is 8. The Morgan fingerprint density at radius 2 is 0.875 bits per heavy atom. The van der Waals surface area contributed by atoms with Crippen LogP contribution < -0.4 is 0 Å². The summed E-state index contributed by atoms with van der Waals surface area (Å²) in [6, 6.07) is 65.7. The molecule has 5 heteroatoms. The van der Waals surface area contributed by atoms with Crippen LogP contribution in [0.5, 0.6) is 0 Å². The minimum atomic E-state index is 0.624. The Hall–Kier alpha value is -7.21. The summed E-state index contributed by atoms with van der Waals surface area (Å²) >= 11 is 1.85. The SMILES string of the molecule is c1ccc(-c2nc(-c3ccccc3)nc(-c3cccc(-c4cccc5oc6ccc(-c7ccc8c(c7)sc7cccc(-c9ccccc9)c78)cc6c45)c3)n2)cc1. The van der Waals surface area contributed by atoms with Crippen LogP contribution in [-0.4, -0.2) is 15.0 Å². The summed E-state index contributed by atoms with van der Waals surface area (Å²) in [7, 11) is 0. The van der Waals surface area contributed by atoms with Gasteiger partial charge in [-0.25, -0.2) is 15.0 Å². The third-order valence-corrected chi connectivity index (χ3v) is 11.7. The van der Waals surface area contributed by atoms with Gasteiger partial charge < -0.3 is 4.42 Å². The first-order chi connectivity index (χ1) is 27.7. The van der Waals surface area contributed by atoms with Crippen LogP contribution in [0, 0.1) is 0 Å². The second-order valence-corrected chi connectivity index (χ2v) is 15.1. The predicted molar refractivity (Wildman–Crippen MR) is 233 cm³/mol. The van der Waals surface area contributed by atoms with E-state index in [1.807, 2.05) is 72.0 Å². The Balaban J connectivity index is 1.02. The Morgan fingerprint density at radius 3 is 1.59 bits per heavy atom. The molecule has 0 saturated carbocycles. The highest BCUT2D eigenvalue weighted by Gasteiger charge is 2.17. The lowest BCUT2D eigenvalue weighted by atomic mass is 9.95. The largest absolute Gasteiger partial charge is 0.456 e. The number of nitrogens with zero attached hydrogens (tertiary/aromatic N) is 3. The lowest BCUT2D eigenvalue weighted by Crippen LogP contribution is -2.00. The number of furan rings is 1. The minimum absolute atomic E-state index is 0.624. The average molecular weight is 734 g/mol. The Labute approximate surface area is 327 Å². The highest BCUT2D eigenvalue weighted by Crippen LogP contribution is 2.43. The molecule has 0 fully saturated rings. The lowest BCUT2D eigenvalue weighted by molar-refractivity contribution is 0.669. The van der Waals surface area contributed by atoms with Crippen molar-refractivity contribution >= 4 is 53.4 Å². The van der Waals surface area contributed by atoms with Crippen molar-refractivity contribution in [3.8, 4) is 67.5 Å². The van der Waals surface area contributed by atoms with Gasteiger partial charge in [-0.2, -0.15) is 0 Å². The van der Waals surface area contributed by atoms with Crippen molar-refractivity contribution in [1.29, 1.82) is 0 Å². The van der Waals surface area contributed by atoms with Gasteiger partial charge in [0.15, 0.2) is 17.5 Å². The molecular formula is C51H31N3OS. The van der Waals surface area contributed by atoms with Gasteiger partial charge in [-0.3, -0.25) is 0 Å². The van der Waals surface area contributed by atoms with Crippen molar-refractivity contribution in [2.45, 2.75) is 0 Å². The fourth-order valence-corrected chi connectivity index (χ4v) is 9.05. The van der Waals surface area contributed by atoms with Gasteiger partial charge in [0.05, 0.1) is 0 Å². The first kappa shape index (κ1) is 32.2. The fraction of sp³-hybridized carbons (Fsp3) is 0. The summed E-state index contributed by atoms with van der Waals surface area (Å²) in [5, 5.41) is 4.77. The molecule has 4 nitrogen and oxygen atoms in total. The third-order valence-electron chi connectivity index (χ3n) is 10.5. The molecular weight excluding hydrogens is 703 g/mol. The molecule has 11 aromatic rings. The van der Waals surface area contributed by atoms with E-state index in [4.69, 9.17) is 19.4 Å². The molecule has 0 N–H and O–H groups in total. The Bertz CT molecular complexity index is 3180. The molecule has 3 aromatic heterocycles. The van der Waals surface area contributed by atoms with E-state index in [0.717, 1.165) is 55.3 Å². The molecule has 0 aliphatic heterocycles. The molecule has 0 spiro atoms. The quantitative estimate of drug-likeness (QED) is 0.171. The van der Waals surface area contributed by atoms with Crippen LogP contribution in [0.4, 0.5) is 0 Å². The van der Waals surface area contributed by atoms with Crippen LogP contribution in [0.25, 0.3) is 110 Å². The maximum atomic E-state index is 6.48. The van der Waals surface area contributed by atoms with E-state index in [1.54, 1.807) is 0 Å². The average Bonchev–Trinajstić information content (AvgIpc) is 3.85. The monoisotopic (exact) mass is 733 g/mol. The molecule has 0 aliphatic carbocycles. The molecule has 0 amide bonds. The summed E-state index contributed by atoms with van der Waals surface area (Å²) < 4.78 is 9.06. The first-order valence-electron chi connectivity index (χ1n) is 18.7. The molecule has 56 heavy (non-hydrogen) atoms. The molecule has 0 radical (unpaired) electrons. The standard InChI is InChI=1S/C51H31N3OS/c1-4-13-32(14-5-1)39-22-12-24-45-48(39)41-27-25-36(31-46(41)56-45)35-26-28-43-42(30-35)47-40(21-11-23-44(47)55-43)37-19-10-20-38(29-37)51-53-49(33-15-6-2-7-16-33)52-50(54-51)34-17-8-3-9-18-34/h1-31H. The van der Waals surface area contributed by atoms with Crippen molar-refractivity contribution in [2.75, 3.05) is 0 Å². The highest BCUT2D eigenvalue weighted by molar-refractivity contribution is 7.26. The first-order valence-corrected chi connectivity index (χ1v) is 19.5. The van der Waals surface area contributed by atoms with E-state index in [0.29, 0.717) is 17.5 Å². The van der Waals surface area contributed by atoms with Crippen molar-refractivity contribution in [1.82, 2.24) is 15.0 Å². The van der Waals surface area contributed by atoms with Gasteiger partial charge in [0, 0.05) is 47.6 Å². The molecule has 0 atom stereocenters. The minimum Gasteiger partial charge on any atom is -0.456 e. The summed E-state index contributed by atoms with van der Waals surface area (Å²) in [6.07, 6.45) is 0. The van der Waals surface area contributed by atoms with Crippen LogP contribution in [0.1, 0.15) is 0 Å².